The summed E-state index contributed by atoms with van der Waals surface area (Å²) >= 11 is 0. The van der Waals surface area contributed by atoms with Crippen LogP contribution < -0.4 is 10.8 Å². The Labute approximate surface area is 79.6 Å². The molecule has 0 saturated heterocycles. The van der Waals surface area contributed by atoms with Gasteiger partial charge < -0.3 is 4.57 Å². The average molecular weight is 197 g/mol. The Morgan fingerprint density at radius 2 is 1.62 bits per heavy atom. The number of nitrogens with two attached hydrogens (primary N) is 1. The highest BCUT2D eigenvalue weighted by Crippen LogP contribution is 2.49. The second kappa shape index (κ2) is 3.28. The second-order valence-corrected chi connectivity index (χ2v) is 7.34. The molecule has 0 radical (unpaired) electrons. The normalized spacial score (nSPS) is 16.6. The molecule has 0 heterocycles. The second-order valence-electron chi connectivity index (χ2n) is 4.16. The van der Waals surface area contributed by atoms with E-state index in [9.17, 15) is 4.57 Å². The van der Waals surface area contributed by atoms with Crippen molar-refractivity contribution in [3.05, 3.63) is 30.3 Å². The van der Waals surface area contributed by atoms with Crippen LogP contribution in [-0.2, 0) is 4.57 Å². The minimum absolute atomic E-state index is 0.367. The van der Waals surface area contributed by atoms with Gasteiger partial charge in [-0.1, -0.05) is 51.1 Å². The maximum Gasteiger partial charge on any atom is 0.178 e. The highest BCUT2D eigenvalue weighted by molar-refractivity contribution is 7.70. The van der Waals surface area contributed by atoms with Gasteiger partial charge in [-0.15, -0.1) is 0 Å². The summed E-state index contributed by atoms with van der Waals surface area (Å²) in [6.07, 6.45) is 0. The van der Waals surface area contributed by atoms with Crippen molar-refractivity contribution in [3.63, 3.8) is 0 Å². The molecule has 0 spiro atoms. The number of rotatable bonds is 1. The van der Waals surface area contributed by atoms with Crippen LogP contribution in [0.2, 0.25) is 0 Å². The lowest BCUT2D eigenvalue weighted by molar-refractivity contribution is 0.557. The standard InChI is InChI=1S/C10H16NOP/c1-10(2,3)13(11,12)9-7-5-4-6-8-9/h4-8H,1-3H3,(H2,11,12)/t13-/m1/s1. The molecule has 0 aliphatic rings. The molecule has 0 unspecified atom stereocenters. The third kappa shape index (κ3) is 2.01. The van der Waals surface area contributed by atoms with E-state index in [2.05, 4.69) is 0 Å². The maximum absolute atomic E-state index is 12.2. The van der Waals surface area contributed by atoms with Crippen LogP contribution >= 0.6 is 7.29 Å². The van der Waals surface area contributed by atoms with Gasteiger partial charge in [0.25, 0.3) is 0 Å². The van der Waals surface area contributed by atoms with E-state index in [1.54, 1.807) is 0 Å². The van der Waals surface area contributed by atoms with Gasteiger partial charge in [0.05, 0.1) is 0 Å². The molecule has 0 fully saturated rings. The van der Waals surface area contributed by atoms with Crippen molar-refractivity contribution in [2.45, 2.75) is 25.9 Å². The summed E-state index contributed by atoms with van der Waals surface area (Å²) in [6.45, 7) is 5.71. The third-order valence-electron chi connectivity index (χ3n) is 2.14. The lowest BCUT2D eigenvalue weighted by atomic mass is 10.3. The number of hydrogen-bond acceptors (Lipinski definition) is 1. The molecular formula is C10H16NOP. The van der Waals surface area contributed by atoms with Gasteiger partial charge in [0.1, 0.15) is 0 Å². The van der Waals surface area contributed by atoms with Gasteiger partial charge in [-0.2, -0.15) is 0 Å². The summed E-state index contributed by atoms with van der Waals surface area (Å²) in [6, 6.07) is 9.27. The zero-order valence-corrected chi connectivity index (χ0v) is 9.21. The Hall–Kier alpha value is -0.590. The van der Waals surface area contributed by atoms with Crippen LogP contribution in [0.1, 0.15) is 20.8 Å². The summed E-state index contributed by atoms with van der Waals surface area (Å²) in [4.78, 5) is 0. The minimum atomic E-state index is -2.73. The van der Waals surface area contributed by atoms with Crippen LogP contribution in [0.5, 0.6) is 0 Å². The van der Waals surface area contributed by atoms with E-state index in [4.69, 9.17) is 5.50 Å². The van der Waals surface area contributed by atoms with E-state index < -0.39 is 7.29 Å². The highest BCUT2D eigenvalue weighted by Gasteiger charge is 2.33. The summed E-state index contributed by atoms with van der Waals surface area (Å²) in [5.41, 5.74) is 5.87. The Balaban J connectivity index is 3.17. The largest absolute Gasteiger partial charge is 0.301 e. The molecule has 0 aliphatic carbocycles. The monoisotopic (exact) mass is 197 g/mol. The average Bonchev–Trinajstić information content (AvgIpc) is 2.04. The van der Waals surface area contributed by atoms with Crippen LogP contribution in [0.15, 0.2) is 30.3 Å². The number of hydrogen-bond donors (Lipinski definition) is 1. The van der Waals surface area contributed by atoms with Crippen LogP contribution in [0, 0.1) is 0 Å². The fourth-order valence-electron chi connectivity index (χ4n) is 1.04. The topological polar surface area (TPSA) is 43.1 Å². The molecule has 72 valence electrons. The van der Waals surface area contributed by atoms with Gasteiger partial charge in [0.2, 0.25) is 0 Å². The predicted molar refractivity (Wildman–Crippen MR) is 57.6 cm³/mol. The Bertz CT molecular complexity index is 327. The molecule has 1 aromatic carbocycles. The molecule has 1 aromatic rings. The molecular weight excluding hydrogens is 181 g/mol. The lowest BCUT2D eigenvalue weighted by Gasteiger charge is -2.27. The maximum atomic E-state index is 12.2. The first-order valence-corrected chi connectivity index (χ1v) is 6.07. The van der Waals surface area contributed by atoms with E-state index >= 15 is 0 Å². The lowest BCUT2D eigenvalue weighted by Crippen LogP contribution is -2.28. The molecule has 0 aliphatic heterocycles. The van der Waals surface area contributed by atoms with Gasteiger partial charge >= 0.3 is 0 Å². The molecule has 1 rings (SSSR count). The highest BCUT2D eigenvalue weighted by atomic mass is 31.2. The Morgan fingerprint density at radius 3 is 2.00 bits per heavy atom. The summed E-state index contributed by atoms with van der Waals surface area (Å²) in [5.74, 6) is 0. The zero-order chi connectivity index (χ0) is 10.1. The third-order valence-corrected chi connectivity index (χ3v) is 5.19. The van der Waals surface area contributed by atoms with Crippen LogP contribution in [0.3, 0.4) is 0 Å². The smallest absolute Gasteiger partial charge is 0.178 e. The van der Waals surface area contributed by atoms with E-state index in [-0.39, 0.29) is 5.16 Å². The van der Waals surface area contributed by atoms with Gasteiger partial charge in [-0.25, -0.2) is 0 Å². The fraction of sp³-hybridized carbons (Fsp3) is 0.400. The molecule has 2 N–H and O–H groups in total. The zero-order valence-electron chi connectivity index (χ0n) is 8.32. The van der Waals surface area contributed by atoms with Gasteiger partial charge in [-0.3, -0.25) is 5.50 Å². The minimum Gasteiger partial charge on any atom is -0.301 e. The van der Waals surface area contributed by atoms with Gasteiger partial charge in [-0.05, 0) is 0 Å². The van der Waals surface area contributed by atoms with E-state index in [1.807, 2.05) is 51.1 Å². The molecule has 0 saturated carbocycles. The summed E-state index contributed by atoms with van der Waals surface area (Å²) in [5, 5.41) is 0.386. The van der Waals surface area contributed by atoms with Crippen molar-refractivity contribution in [1.82, 2.24) is 0 Å². The van der Waals surface area contributed by atoms with Crippen LogP contribution in [0.4, 0.5) is 0 Å². The van der Waals surface area contributed by atoms with Crippen molar-refractivity contribution in [1.29, 1.82) is 0 Å². The first-order valence-electron chi connectivity index (χ1n) is 4.30. The molecule has 0 amide bonds. The van der Waals surface area contributed by atoms with Crippen LogP contribution in [0.25, 0.3) is 0 Å². The van der Waals surface area contributed by atoms with E-state index in [0.29, 0.717) is 0 Å². The molecule has 13 heavy (non-hydrogen) atoms. The van der Waals surface area contributed by atoms with Gasteiger partial charge in [0, 0.05) is 10.5 Å². The van der Waals surface area contributed by atoms with E-state index in [0.717, 1.165) is 5.30 Å². The summed E-state index contributed by atoms with van der Waals surface area (Å²) < 4.78 is 12.2. The first-order chi connectivity index (χ1) is 5.86. The van der Waals surface area contributed by atoms with Crippen molar-refractivity contribution in [3.8, 4) is 0 Å². The predicted octanol–water partition coefficient (Wildman–Crippen LogP) is 2.35. The van der Waals surface area contributed by atoms with Crippen molar-refractivity contribution >= 4 is 12.6 Å². The molecule has 0 bridgehead atoms. The van der Waals surface area contributed by atoms with Crippen molar-refractivity contribution in [2.75, 3.05) is 0 Å². The summed E-state index contributed by atoms with van der Waals surface area (Å²) in [7, 11) is -2.73. The van der Waals surface area contributed by atoms with Crippen molar-refractivity contribution in [2.24, 2.45) is 5.50 Å². The van der Waals surface area contributed by atoms with Crippen LogP contribution in [-0.4, -0.2) is 5.16 Å². The van der Waals surface area contributed by atoms with Crippen molar-refractivity contribution < 1.29 is 4.57 Å². The molecule has 0 aromatic heterocycles. The number of benzene rings is 1. The Morgan fingerprint density at radius 1 is 1.15 bits per heavy atom. The molecule has 1 atom stereocenters. The first kappa shape index (κ1) is 10.5. The molecule has 3 heteroatoms. The van der Waals surface area contributed by atoms with E-state index in [1.165, 1.54) is 0 Å². The van der Waals surface area contributed by atoms with Gasteiger partial charge in [0.15, 0.2) is 7.29 Å². The quantitative estimate of drug-likeness (QED) is 0.702. The fourth-order valence-corrected chi connectivity index (χ4v) is 2.43. The SMILES string of the molecule is CC(C)(C)[P@](N)(=O)c1ccccc1. The molecule has 2 nitrogen and oxygen atoms in total. The Kier molecular flexibility index (Phi) is 2.65.